The summed E-state index contributed by atoms with van der Waals surface area (Å²) in [6.45, 7) is 0.576. The Hall–Kier alpha value is -0.600. The highest BCUT2D eigenvalue weighted by Crippen LogP contribution is 2.18. The molecule has 1 aromatic carbocycles. The van der Waals surface area contributed by atoms with Crippen LogP contribution in [0.3, 0.4) is 0 Å². The number of benzene rings is 1. The number of nitrogens with zero attached hydrogens (tertiary/aromatic N) is 1. The highest BCUT2D eigenvalue weighted by Gasteiger charge is 2.05. The molecule has 66 valence electrons. The molecule has 1 nitrogen and oxygen atoms in total. The summed E-state index contributed by atoms with van der Waals surface area (Å²) < 4.78 is 13.2. The van der Waals surface area contributed by atoms with Crippen molar-refractivity contribution in [3.8, 4) is 0 Å². The number of hydrogen-bond donors (Lipinski definition) is 0. The van der Waals surface area contributed by atoms with Crippen molar-refractivity contribution < 1.29 is 4.39 Å². The van der Waals surface area contributed by atoms with Gasteiger partial charge in [0.2, 0.25) is 0 Å². The van der Waals surface area contributed by atoms with Gasteiger partial charge in [0.15, 0.2) is 0 Å². The fourth-order valence-electron chi connectivity index (χ4n) is 1.01. The molecule has 0 aliphatic rings. The average Bonchev–Trinajstić information content (AvgIpc) is 1.98. The van der Waals surface area contributed by atoms with E-state index in [4.69, 9.17) is 11.6 Å². The van der Waals surface area contributed by atoms with Crippen molar-refractivity contribution in [1.82, 2.24) is 4.90 Å². The molecule has 0 aliphatic heterocycles. The van der Waals surface area contributed by atoms with E-state index in [1.165, 1.54) is 0 Å². The molecule has 1 rings (SSSR count). The van der Waals surface area contributed by atoms with E-state index in [9.17, 15) is 4.39 Å². The Balaban J connectivity index is 2.92. The van der Waals surface area contributed by atoms with Crippen LogP contribution in [-0.4, -0.2) is 19.0 Å². The van der Waals surface area contributed by atoms with Crippen LogP contribution in [0.1, 0.15) is 5.56 Å². The molecule has 0 fully saturated rings. The van der Waals surface area contributed by atoms with Crippen molar-refractivity contribution in [3.63, 3.8) is 0 Å². The van der Waals surface area contributed by atoms with Crippen LogP contribution >= 0.6 is 11.6 Å². The topological polar surface area (TPSA) is 3.24 Å². The molecule has 0 N–H and O–H groups in total. The number of hydrogen-bond acceptors (Lipinski definition) is 1. The van der Waals surface area contributed by atoms with Gasteiger partial charge in [-0.1, -0.05) is 23.7 Å². The largest absolute Gasteiger partial charge is 0.305 e. The maximum Gasteiger partial charge on any atom is 0.146 e. The molecular weight excluding hydrogens is 177 g/mol. The van der Waals surface area contributed by atoms with Gasteiger partial charge >= 0.3 is 0 Å². The predicted molar refractivity (Wildman–Crippen MR) is 48.8 cm³/mol. The predicted octanol–water partition coefficient (Wildman–Crippen LogP) is 2.54. The van der Waals surface area contributed by atoms with E-state index in [-0.39, 0.29) is 10.8 Å². The van der Waals surface area contributed by atoms with E-state index in [1.54, 1.807) is 18.2 Å². The number of rotatable bonds is 2. The molecule has 0 saturated carbocycles. The van der Waals surface area contributed by atoms with Crippen LogP contribution in [0, 0.1) is 5.82 Å². The summed E-state index contributed by atoms with van der Waals surface area (Å²) in [7, 11) is 3.78. The summed E-state index contributed by atoms with van der Waals surface area (Å²) in [6, 6.07) is 5.04. The van der Waals surface area contributed by atoms with Crippen molar-refractivity contribution in [2.45, 2.75) is 6.54 Å². The van der Waals surface area contributed by atoms with Gasteiger partial charge in [-0.3, -0.25) is 0 Å². The first-order valence-electron chi connectivity index (χ1n) is 3.69. The van der Waals surface area contributed by atoms with Crippen molar-refractivity contribution >= 4 is 11.6 Å². The van der Waals surface area contributed by atoms with Crippen LogP contribution in [0.25, 0.3) is 0 Å². The molecule has 0 unspecified atom stereocenters. The Bertz CT molecular complexity index is 273. The minimum Gasteiger partial charge on any atom is -0.305 e. The fourth-order valence-corrected chi connectivity index (χ4v) is 1.21. The third-order valence-electron chi connectivity index (χ3n) is 1.52. The zero-order valence-corrected chi connectivity index (χ0v) is 7.90. The summed E-state index contributed by atoms with van der Waals surface area (Å²) in [5, 5.41) is 0.189. The maximum atomic E-state index is 13.2. The Morgan fingerprint density at radius 1 is 1.42 bits per heavy atom. The van der Waals surface area contributed by atoms with Gasteiger partial charge in [-0.15, -0.1) is 0 Å². The molecule has 12 heavy (non-hydrogen) atoms. The molecule has 1 aromatic rings. The summed E-state index contributed by atoms with van der Waals surface area (Å²) in [5.74, 6) is -0.312. The zero-order chi connectivity index (χ0) is 9.14. The quantitative estimate of drug-likeness (QED) is 0.688. The van der Waals surface area contributed by atoms with Crippen LogP contribution in [0.2, 0.25) is 5.02 Å². The lowest BCUT2D eigenvalue weighted by Crippen LogP contribution is -2.11. The van der Waals surface area contributed by atoms with E-state index in [0.29, 0.717) is 12.1 Å². The van der Waals surface area contributed by atoms with E-state index >= 15 is 0 Å². The Kier molecular flexibility index (Phi) is 3.06. The van der Waals surface area contributed by atoms with Crippen LogP contribution in [0.4, 0.5) is 4.39 Å². The second-order valence-corrected chi connectivity index (χ2v) is 3.36. The molecule has 0 radical (unpaired) electrons. The first-order valence-corrected chi connectivity index (χ1v) is 4.06. The van der Waals surface area contributed by atoms with Crippen LogP contribution in [0.5, 0.6) is 0 Å². The highest BCUT2D eigenvalue weighted by molar-refractivity contribution is 6.30. The van der Waals surface area contributed by atoms with Gasteiger partial charge in [-0.05, 0) is 20.2 Å². The van der Waals surface area contributed by atoms with Crippen molar-refractivity contribution in [1.29, 1.82) is 0 Å². The summed E-state index contributed by atoms with van der Waals surface area (Å²) in [4.78, 5) is 1.90. The Labute approximate surface area is 76.8 Å². The molecule has 0 heterocycles. The van der Waals surface area contributed by atoms with Gasteiger partial charge in [-0.25, -0.2) is 4.39 Å². The van der Waals surface area contributed by atoms with Gasteiger partial charge in [-0.2, -0.15) is 0 Å². The van der Waals surface area contributed by atoms with Crippen molar-refractivity contribution in [2.75, 3.05) is 14.1 Å². The lowest BCUT2D eigenvalue weighted by Gasteiger charge is -2.10. The zero-order valence-electron chi connectivity index (χ0n) is 7.14. The maximum absolute atomic E-state index is 13.2. The molecule has 0 spiro atoms. The molecule has 0 atom stereocenters. The van der Waals surface area contributed by atoms with Crippen LogP contribution in [-0.2, 0) is 6.54 Å². The first-order chi connectivity index (χ1) is 5.61. The highest BCUT2D eigenvalue weighted by atomic mass is 35.5. The Morgan fingerprint density at radius 2 is 2.08 bits per heavy atom. The second-order valence-electron chi connectivity index (χ2n) is 2.95. The molecule has 0 amide bonds. The molecule has 0 saturated heterocycles. The molecule has 0 bridgehead atoms. The van der Waals surface area contributed by atoms with Crippen LogP contribution < -0.4 is 0 Å². The summed E-state index contributed by atoms with van der Waals surface area (Å²) in [5.41, 5.74) is 0.632. The van der Waals surface area contributed by atoms with E-state index in [2.05, 4.69) is 0 Å². The lowest BCUT2D eigenvalue weighted by atomic mass is 10.2. The fraction of sp³-hybridized carbons (Fsp3) is 0.333. The summed E-state index contributed by atoms with van der Waals surface area (Å²) >= 11 is 5.60. The third kappa shape index (κ3) is 2.19. The van der Waals surface area contributed by atoms with Gasteiger partial charge in [0.25, 0.3) is 0 Å². The van der Waals surface area contributed by atoms with Crippen molar-refractivity contribution in [2.24, 2.45) is 0 Å². The monoisotopic (exact) mass is 187 g/mol. The van der Waals surface area contributed by atoms with Gasteiger partial charge < -0.3 is 4.90 Å². The first kappa shape index (κ1) is 9.49. The smallest absolute Gasteiger partial charge is 0.146 e. The molecule has 0 aliphatic carbocycles. The van der Waals surface area contributed by atoms with E-state index < -0.39 is 0 Å². The third-order valence-corrected chi connectivity index (χ3v) is 1.81. The minimum atomic E-state index is -0.312. The van der Waals surface area contributed by atoms with Crippen LogP contribution in [0.15, 0.2) is 18.2 Å². The standard InChI is InChI=1S/C9H11ClFN/c1-12(2)6-7-4-3-5-8(10)9(7)11/h3-5H,6H2,1-2H3. The normalized spacial score (nSPS) is 10.8. The van der Waals surface area contributed by atoms with Gasteiger partial charge in [0, 0.05) is 12.1 Å². The molecular formula is C9H11ClFN. The van der Waals surface area contributed by atoms with E-state index in [1.807, 2.05) is 19.0 Å². The lowest BCUT2D eigenvalue weighted by molar-refractivity contribution is 0.392. The molecule has 3 heteroatoms. The number of halogens is 2. The second kappa shape index (κ2) is 3.87. The van der Waals surface area contributed by atoms with Gasteiger partial charge in [0.1, 0.15) is 5.82 Å². The van der Waals surface area contributed by atoms with Gasteiger partial charge in [0.05, 0.1) is 5.02 Å². The molecule has 0 aromatic heterocycles. The average molecular weight is 188 g/mol. The van der Waals surface area contributed by atoms with Crippen molar-refractivity contribution in [3.05, 3.63) is 34.6 Å². The SMILES string of the molecule is CN(C)Cc1cccc(Cl)c1F. The summed E-state index contributed by atoms with van der Waals surface area (Å²) in [6.07, 6.45) is 0. The van der Waals surface area contributed by atoms with E-state index in [0.717, 1.165) is 0 Å². The minimum absolute atomic E-state index is 0.189. The Morgan fingerprint density at radius 3 is 2.67 bits per heavy atom.